The summed E-state index contributed by atoms with van der Waals surface area (Å²) in [5.74, 6) is 0. The minimum atomic E-state index is -0.166. The lowest BCUT2D eigenvalue weighted by Gasteiger charge is -2.08. The van der Waals surface area contributed by atoms with Gasteiger partial charge < -0.3 is 0 Å². The molecule has 0 N–H and O–H groups in total. The van der Waals surface area contributed by atoms with Gasteiger partial charge in [0.05, 0.1) is 41.6 Å². The molecule has 0 unspecified atom stereocenters. The van der Waals surface area contributed by atoms with Crippen molar-refractivity contribution in [1.29, 1.82) is 5.26 Å². The van der Waals surface area contributed by atoms with Crippen LogP contribution < -0.4 is 5.56 Å². The Kier molecular flexibility index (Phi) is 3.38. The second-order valence-electron chi connectivity index (χ2n) is 4.48. The normalized spacial score (nSPS) is 10.5. The molecule has 3 aromatic rings. The fraction of sp³-hybridized carbons (Fsp3) is 0.0667. The Balaban J connectivity index is 2.09. The summed E-state index contributed by atoms with van der Waals surface area (Å²) in [5, 5.41) is 10.1. The fourth-order valence-electron chi connectivity index (χ4n) is 2.10. The highest BCUT2D eigenvalue weighted by Crippen LogP contribution is 2.16. The zero-order valence-electron chi connectivity index (χ0n) is 10.8. The van der Waals surface area contributed by atoms with Gasteiger partial charge in [0, 0.05) is 11.2 Å². The number of rotatable bonds is 2. The molecule has 0 radical (unpaired) electrons. The molecule has 2 heterocycles. The number of halogens is 1. The fourth-order valence-corrected chi connectivity index (χ4v) is 2.27. The molecule has 0 aliphatic heterocycles. The number of hydrogen-bond donors (Lipinski definition) is 0. The van der Waals surface area contributed by atoms with Gasteiger partial charge in [-0.05, 0) is 23.8 Å². The average Bonchev–Trinajstić information content (AvgIpc) is 2.51. The van der Waals surface area contributed by atoms with Crippen molar-refractivity contribution in [1.82, 2.24) is 14.5 Å². The summed E-state index contributed by atoms with van der Waals surface area (Å²) in [6, 6.07) is 8.74. The van der Waals surface area contributed by atoms with Gasteiger partial charge in [0.25, 0.3) is 5.56 Å². The molecule has 102 valence electrons. The third kappa shape index (κ3) is 2.49. The van der Waals surface area contributed by atoms with Crippen molar-refractivity contribution in [3.05, 3.63) is 69.5 Å². The molecule has 1 aromatic carbocycles. The summed E-state index contributed by atoms with van der Waals surface area (Å²) >= 11 is 5.87. The number of aromatic nitrogens is 3. The average molecular weight is 297 g/mol. The van der Waals surface area contributed by atoms with Crippen LogP contribution in [0.5, 0.6) is 0 Å². The molecule has 0 fully saturated rings. The minimum Gasteiger partial charge on any atom is -0.294 e. The van der Waals surface area contributed by atoms with E-state index in [9.17, 15) is 4.79 Å². The molecule has 0 amide bonds. The maximum absolute atomic E-state index is 12.4. The van der Waals surface area contributed by atoms with Gasteiger partial charge in [-0.1, -0.05) is 17.7 Å². The summed E-state index contributed by atoms with van der Waals surface area (Å²) in [5.41, 5.74) is 1.56. The summed E-state index contributed by atoms with van der Waals surface area (Å²) in [6.45, 7) is 0.268. The first-order chi connectivity index (χ1) is 10.2. The van der Waals surface area contributed by atoms with Crippen molar-refractivity contribution in [2.45, 2.75) is 6.54 Å². The first-order valence-electron chi connectivity index (χ1n) is 6.17. The Hall–Kier alpha value is -2.71. The Morgan fingerprint density at radius 1 is 1.33 bits per heavy atom. The molecule has 0 aliphatic carbocycles. The molecule has 5 nitrogen and oxygen atoms in total. The number of nitriles is 1. The Morgan fingerprint density at radius 3 is 3.00 bits per heavy atom. The van der Waals surface area contributed by atoms with Gasteiger partial charge in [0.1, 0.15) is 0 Å². The summed E-state index contributed by atoms with van der Waals surface area (Å²) < 4.78 is 1.46. The zero-order chi connectivity index (χ0) is 14.8. The summed E-state index contributed by atoms with van der Waals surface area (Å²) in [7, 11) is 0. The predicted octanol–water partition coefficient (Wildman–Crippen LogP) is 2.36. The van der Waals surface area contributed by atoms with Gasteiger partial charge in [-0.3, -0.25) is 14.3 Å². The maximum Gasteiger partial charge on any atom is 0.261 e. The number of hydrogen-bond acceptors (Lipinski definition) is 4. The van der Waals surface area contributed by atoms with E-state index in [0.717, 1.165) is 5.56 Å². The molecule has 0 atom stereocenters. The predicted molar refractivity (Wildman–Crippen MR) is 79.1 cm³/mol. The van der Waals surface area contributed by atoms with Gasteiger partial charge in [-0.2, -0.15) is 5.26 Å². The SMILES string of the molecule is N#Cc1cc(Cl)ccc1Cn1cnc2cnccc2c1=O. The van der Waals surface area contributed by atoms with Crippen molar-refractivity contribution < 1.29 is 0 Å². The topological polar surface area (TPSA) is 71.6 Å². The van der Waals surface area contributed by atoms with Crippen molar-refractivity contribution in [3.63, 3.8) is 0 Å². The van der Waals surface area contributed by atoms with Crippen LogP contribution in [0.25, 0.3) is 10.9 Å². The third-order valence-electron chi connectivity index (χ3n) is 3.16. The van der Waals surface area contributed by atoms with E-state index in [4.69, 9.17) is 16.9 Å². The number of nitrogens with zero attached hydrogens (tertiary/aromatic N) is 4. The monoisotopic (exact) mass is 296 g/mol. The van der Waals surface area contributed by atoms with Crippen LogP contribution in [0.4, 0.5) is 0 Å². The van der Waals surface area contributed by atoms with Crippen LogP contribution in [0.1, 0.15) is 11.1 Å². The van der Waals surface area contributed by atoms with Crippen molar-refractivity contribution in [2.24, 2.45) is 0 Å². The molecular formula is C15H9ClN4O. The first kappa shape index (κ1) is 13.3. The number of benzene rings is 1. The van der Waals surface area contributed by atoms with Crippen LogP contribution in [-0.2, 0) is 6.54 Å². The second-order valence-corrected chi connectivity index (χ2v) is 4.92. The van der Waals surface area contributed by atoms with Gasteiger partial charge in [0.2, 0.25) is 0 Å². The molecule has 0 bridgehead atoms. The van der Waals surface area contributed by atoms with Gasteiger partial charge in [0.15, 0.2) is 0 Å². The van der Waals surface area contributed by atoms with E-state index in [1.807, 2.05) is 0 Å². The molecule has 3 rings (SSSR count). The van der Waals surface area contributed by atoms with E-state index in [0.29, 0.717) is 21.5 Å². The van der Waals surface area contributed by atoms with Crippen molar-refractivity contribution in [3.8, 4) is 6.07 Å². The molecular weight excluding hydrogens is 288 g/mol. The summed E-state index contributed by atoms with van der Waals surface area (Å²) in [4.78, 5) is 20.5. The maximum atomic E-state index is 12.4. The highest BCUT2D eigenvalue weighted by Gasteiger charge is 2.08. The van der Waals surface area contributed by atoms with Crippen LogP contribution in [0.3, 0.4) is 0 Å². The smallest absolute Gasteiger partial charge is 0.261 e. The van der Waals surface area contributed by atoms with E-state index in [2.05, 4.69) is 16.0 Å². The van der Waals surface area contributed by atoms with Crippen molar-refractivity contribution >= 4 is 22.5 Å². The van der Waals surface area contributed by atoms with Crippen LogP contribution in [-0.4, -0.2) is 14.5 Å². The Labute approximate surface area is 125 Å². The molecule has 0 saturated heterocycles. The van der Waals surface area contributed by atoms with Crippen LogP contribution in [0.15, 0.2) is 47.8 Å². The van der Waals surface area contributed by atoms with E-state index < -0.39 is 0 Å². The largest absolute Gasteiger partial charge is 0.294 e. The molecule has 6 heteroatoms. The van der Waals surface area contributed by atoms with Crippen LogP contribution in [0, 0.1) is 11.3 Å². The van der Waals surface area contributed by atoms with E-state index in [-0.39, 0.29) is 12.1 Å². The molecule has 0 spiro atoms. The molecule has 21 heavy (non-hydrogen) atoms. The quantitative estimate of drug-likeness (QED) is 0.728. The molecule has 0 aliphatic rings. The lowest BCUT2D eigenvalue weighted by molar-refractivity contribution is 0.746. The van der Waals surface area contributed by atoms with Crippen molar-refractivity contribution in [2.75, 3.05) is 0 Å². The standard InChI is InChI=1S/C15H9ClN4O/c16-12-2-1-10(11(5-12)6-17)8-20-9-19-14-7-18-4-3-13(14)15(20)21/h1-5,7,9H,8H2. The van der Waals surface area contributed by atoms with Gasteiger partial charge >= 0.3 is 0 Å². The Morgan fingerprint density at radius 2 is 2.19 bits per heavy atom. The molecule has 2 aromatic heterocycles. The highest BCUT2D eigenvalue weighted by molar-refractivity contribution is 6.30. The number of pyridine rings is 1. The van der Waals surface area contributed by atoms with Crippen LogP contribution in [0.2, 0.25) is 5.02 Å². The van der Waals surface area contributed by atoms with Crippen LogP contribution >= 0.6 is 11.6 Å². The zero-order valence-corrected chi connectivity index (χ0v) is 11.6. The highest BCUT2D eigenvalue weighted by atomic mass is 35.5. The third-order valence-corrected chi connectivity index (χ3v) is 3.40. The molecule has 0 saturated carbocycles. The second kappa shape index (κ2) is 5.35. The lowest BCUT2D eigenvalue weighted by Crippen LogP contribution is -2.21. The van der Waals surface area contributed by atoms with E-state index in [1.165, 1.54) is 10.9 Å². The minimum absolute atomic E-state index is 0.166. The summed E-state index contributed by atoms with van der Waals surface area (Å²) in [6.07, 6.45) is 4.56. The first-order valence-corrected chi connectivity index (χ1v) is 6.54. The Bertz CT molecular complexity index is 927. The van der Waals surface area contributed by atoms with E-state index in [1.54, 1.807) is 36.7 Å². The van der Waals surface area contributed by atoms with Gasteiger partial charge in [-0.25, -0.2) is 4.98 Å². The van der Waals surface area contributed by atoms with Gasteiger partial charge in [-0.15, -0.1) is 0 Å². The lowest BCUT2D eigenvalue weighted by atomic mass is 10.1. The number of fused-ring (bicyclic) bond motifs is 1. The van der Waals surface area contributed by atoms with E-state index >= 15 is 0 Å².